The van der Waals surface area contributed by atoms with Gasteiger partial charge in [0, 0.05) is 12.6 Å². The number of carbonyl (C=O) groups excluding carboxylic acids is 2. The highest BCUT2D eigenvalue weighted by Gasteiger charge is 2.22. The molecule has 5 heteroatoms. The van der Waals surface area contributed by atoms with E-state index in [1.54, 1.807) is 38.1 Å². The van der Waals surface area contributed by atoms with E-state index in [0.717, 1.165) is 0 Å². The average molecular weight is 250 g/mol. The molecule has 0 saturated heterocycles. The maximum absolute atomic E-state index is 11.9. The molecule has 0 saturated carbocycles. The van der Waals surface area contributed by atoms with E-state index in [9.17, 15) is 9.59 Å². The Balaban J connectivity index is 2.62. The van der Waals surface area contributed by atoms with Crippen molar-refractivity contribution >= 4 is 17.6 Å². The van der Waals surface area contributed by atoms with Gasteiger partial charge in [0.25, 0.3) is 5.91 Å². The van der Waals surface area contributed by atoms with Crippen LogP contribution in [-0.4, -0.2) is 24.0 Å². The summed E-state index contributed by atoms with van der Waals surface area (Å²) in [5, 5.41) is 2.69. The lowest BCUT2D eigenvalue weighted by molar-refractivity contribution is -0.153. The molecule has 0 radical (unpaired) electrons. The van der Waals surface area contributed by atoms with Crippen molar-refractivity contribution < 1.29 is 14.3 Å². The first kappa shape index (κ1) is 14.0. The van der Waals surface area contributed by atoms with E-state index in [-0.39, 0.29) is 18.4 Å². The van der Waals surface area contributed by atoms with Crippen molar-refractivity contribution in [2.75, 3.05) is 12.3 Å². The number of nitrogens with two attached hydrogens (primary N) is 1. The molecule has 1 amide bonds. The molecule has 0 aliphatic heterocycles. The number of hydrogen-bond acceptors (Lipinski definition) is 4. The van der Waals surface area contributed by atoms with Gasteiger partial charge in [-0.15, -0.1) is 0 Å². The van der Waals surface area contributed by atoms with Crippen LogP contribution >= 0.6 is 0 Å². The van der Waals surface area contributed by atoms with Gasteiger partial charge < -0.3 is 15.8 Å². The van der Waals surface area contributed by atoms with Crippen LogP contribution in [0.4, 0.5) is 5.69 Å². The van der Waals surface area contributed by atoms with E-state index in [1.807, 2.05) is 0 Å². The molecule has 1 aromatic carbocycles. The first-order valence-corrected chi connectivity index (χ1v) is 5.64. The maximum Gasteiger partial charge on any atom is 0.303 e. The van der Waals surface area contributed by atoms with Gasteiger partial charge in [-0.25, -0.2) is 0 Å². The van der Waals surface area contributed by atoms with E-state index in [0.29, 0.717) is 11.3 Å². The Bertz CT molecular complexity index is 455. The topological polar surface area (TPSA) is 81.4 Å². The molecular formula is C13H18N2O3. The number of nitrogen functional groups attached to an aromatic ring is 1. The van der Waals surface area contributed by atoms with Gasteiger partial charge in [-0.2, -0.15) is 0 Å². The highest BCUT2D eigenvalue weighted by atomic mass is 16.6. The number of anilines is 1. The molecular weight excluding hydrogens is 232 g/mol. The first-order chi connectivity index (χ1) is 8.32. The second-order valence-corrected chi connectivity index (χ2v) is 4.62. The van der Waals surface area contributed by atoms with Crippen LogP contribution in [0.2, 0.25) is 0 Å². The third-order valence-electron chi connectivity index (χ3n) is 2.30. The van der Waals surface area contributed by atoms with Gasteiger partial charge in [-0.1, -0.05) is 12.1 Å². The summed E-state index contributed by atoms with van der Waals surface area (Å²) in [4.78, 5) is 22.7. The molecule has 0 fully saturated rings. The van der Waals surface area contributed by atoms with Crippen molar-refractivity contribution in [3.63, 3.8) is 0 Å². The Morgan fingerprint density at radius 1 is 1.33 bits per heavy atom. The van der Waals surface area contributed by atoms with E-state index in [1.165, 1.54) is 6.92 Å². The lowest BCUT2D eigenvalue weighted by Gasteiger charge is -2.24. The number of amides is 1. The minimum Gasteiger partial charge on any atom is -0.458 e. The Morgan fingerprint density at radius 3 is 2.50 bits per heavy atom. The fraction of sp³-hybridized carbons (Fsp3) is 0.385. The summed E-state index contributed by atoms with van der Waals surface area (Å²) < 4.78 is 5.07. The zero-order chi connectivity index (χ0) is 13.8. The average Bonchev–Trinajstić information content (AvgIpc) is 2.25. The molecule has 3 N–H and O–H groups in total. The minimum atomic E-state index is -0.745. The molecule has 18 heavy (non-hydrogen) atoms. The van der Waals surface area contributed by atoms with Crippen LogP contribution in [-0.2, 0) is 9.53 Å². The number of ether oxygens (including phenoxy) is 1. The van der Waals surface area contributed by atoms with Gasteiger partial charge >= 0.3 is 5.97 Å². The third-order valence-corrected chi connectivity index (χ3v) is 2.30. The summed E-state index contributed by atoms with van der Waals surface area (Å²) in [7, 11) is 0. The molecule has 0 aromatic heterocycles. The van der Waals surface area contributed by atoms with E-state index in [4.69, 9.17) is 10.5 Å². The van der Waals surface area contributed by atoms with Gasteiger partial charge in [0.15, 0.2) is 0 Å². The highest BCUT2D eigenvalue weighted by Crippen LogP contribution is 2.12. The van der Waals surface area contributed by atoms with E-state index >= 15 is 0 Å². The molecule has 0 aliphatic carbocycles. The standard InChI is InChI=1S/C13H18N2O3/c1-9(16)18-13(2,3)8-15-12(17)10-6-4-5-7-11(10)14/h4-7H,8,14H2,1-3H3,(H,15,17). The third kappa shape index (κ3) is 4.08. The minimum absolute atomic E-state index is 0.222. The van der Waals surface area contributed by atoms with E-state index in [2.05, 4.69) is 5.32 Å². The molecule has 98 valence electrons. The molecule has 5 nitrogen and oxygen atoms in total. The molecule has 0 unspecified atom stereocenters. The number of carbonyl (C=O) groups is 2. The lowest BCUT2D eigenvalue weighted by Crippen LogP contribution is -2.41. The fourth-order valence-corrected chi connectivity index (χ4v) is 1.52. The Kier molecular flexibility index (Phi) is 4.31. The zero-order valence-corrected chi connectivity index (χ0v) is 10.8. The predicted molar refractivity (Wildman–Crippen MR) is 69.0 cm³/mol. The maximum atomic E-state index is 11.9. The van der Waals surface area contributed by atoms with Crippen LogP contribution in [0.3, 0.4) is 0 Å². The Labute approximate surface area is 106 Å². The van der Waals surface area contributed by atoms with Crippen molar-refractivity contribution in [3.05, 3.63) is 29.8 Å². The SMILES string of the molecule is CC(=O)OC(C)(C)CNC(=O)c1ccccc1N. The summed E-state index contributed by atoms with van der Waals surface area (Å²) in [6.07, 6.45) is 0. The van der Waals surface area contributed by atoms with Crippen molar-refractivity contribution in [3.8, 4) is 0 Å². The summed E-state index contributed by atoms with van der Waals surface area (Å²) >= 11 is 0. The molecule has 0 aliphatic rings. The van der Waals surface area contributed by atoms with Crippen LogP contribution in [0.15, 0.2) is 24.3 Å². The van der Waals surface area contributed by atoms with Crippen molar-refractivity contribution in [1.82, 2.24) is 5.32 Å². The molecule has 0 spiro atoms. The highest BCUT2D eigenvalue weighted by molar-refractivity contribution is 5.99. The summed E-state index contributed by atoms with van der Waals surface area (Å²) in [5.41, 5.74) is 5.78. The smallest absolute Gasteiger partial charge is 0.303 e. The van der Waals surface area contributed by atoms with Crippen molar-refractivity contribution in [2.45, 2.75) is 26.4 Å². The van der Waals surface area contributed by atoms with Gasteiger partial charge in [-0.3, -0.25) is 9.59 Å². The van der Waals surface area contributed by atoms with Crippen LogP contribution in [0, 0.1) is 0 Å². The number of rotatable bonds is 4. The number of benzene rings is 1. The van der Waals surface area contributed by atoms with Crippen LogP contribution < -0.4 is 11.1 Å². The largest absolute Gasteiger partial charge is 0.458 e. The Hall–Kier alpha value is -2.04. The predicted octanol–water partition coefficient (Wildman–Crippen LogP) is 1.34. The molecule has 1 rings (SSSR count). The van der Waals surface area contributed by atoms with Crippen LogP contribution in [0.1, 0.15) is 31.1 Å². The normalized spacial score (nSPS) is 10.8. The molecule has 0 heterocycles. The molecule has 0 bridgehead atoms. The van der Waals surface area contributed by atoms with Gasteiger partial charge in [0.2, 0.25) is 0 Å². The number of nitrogens with one attached hydrogen (secondary N) is 1. The van der Waals surface area contributed by atoms with Gasteiger partial charge in [0.1, 0.15) is 5.60 Å². The van der Waals surface area contributed by atoms with Gasteiger partial charge in [-0.05, 0) is 26.0 Å². The number of hydrogen-bond donors (Lipinski definition) is 2. The quantitative estimate of drug-likeness (QED) is 0.624. The van der Waals surface area contributed by atoms with E-state index < -0.39 is 5.60 Å². The summed E-state index contributed by atoms with van der Waals surface area (Å²) in [6.45, 7) is 5.00. The monoisotopic (exact) mass is 250 g/mol. The fourth-order valence-electron chi connectivity index (χ4n) is 1.52. The second-order valence-electron chi connectivity index (χ2n) is 4.62. The number of para-hydroxylation sites is 1. The van der Waals surface area contributed by atoms with Crippen molar-refractivity contribution in [1.29, 1.82) is 0 Å². The summed E-state index contributed by atoms with van der Waals surface area (Å²) in [5.74, 6) is -0.665. The lowest BCUT2D eigenvalue weighted by atomic mass is 10.1. The molecule has 0 atom stereocenters. The Morgan fingerprint density at radius 2 is 1.94 bits per heavy atom. The summed E-state index contributed by atoms with van der Waals surface area (Å²) in [6, 6.07) is 6.80. The first-order valence-electron chi connectivity index (χ1n) is 5.64. The van der Waals surface area contributed by atoms with Gasteiger partial charge in [0.05, 0.1) is 12.1 Å². The zero-order valence-electron chi connectivity index (χ0n) is 10.8. The van der Waals surface area contributed by atoms with Crippen molar-refractivity contribution in [2.24, 2.45) is 0 Å². The molecule has 1 aromatic rings. The second kappa shape index (κ2) is 5.53. The number of esters is 1. The van der Waals surface area contributed by atoms with Crippen LogP contribution in [0.5, 0.6) is 0 Å². The van der Waals surface area contributed by atoms with Crippen LogP contribution in [0.25, 0.3) is 0 Å².